The molecule has 0 heteroatoms. The van der Waals surface area contributed by atoms with Crippen LogP contribution in [0, 0.1) is 24.7 Å². The van der Waals surface area contributed by atoms with Crippen molar-refractivity contribution in [3.8, 4) is 0 Å². The van der Waals surface area contributed by atoms with Crippen molar-refractivity contribution < 1.29 is 0 Å². The van der Waals surface area contributed by atoms with Gasteiger partial charge in [-0.1, -0.05) is 99.9 Å². The molecule has 1 aromatic rings. The zero-order valence-electron chi connectivity index (χ0n) is 16.3. The van der Waals surface area contributed by atoms with Crippen molar-refractivity contribution in [2.75, 3.05) is 0 Å². The number of aryl methyl sites for hydroxylation is 1. The Morgan fingerprint density at radius 3 is 2.32 bits per heavy atom. The van der Waals surface area contributed by atoms with Gasteiger partial charge in [0.2, 0.25) is 0 Å². The number of hydrogen-bond acceptors (Lipinski definition) is 0. The Balaban J connectivity index is 1.43. The summed E-state index contributed by atoms with van der Waals surface area (Å²) in [6.45, 7) is 4.46. The topological polar surface area (TPSA) is 0 Å². The van der Waals surface area contributed by atoms with Crippen LogP contribution in [0.25, 0.3) is 5.57 Å². The molecule has 3 rings (SSSR count). The predicted molar refractivity (Wildman–Crippen MR) is 111 cm³/mol. The van der Waals surface area contributed by atoms with Gasteiger partial charge < -0.3 is 0 Å². The van der Waals surface area contributed by atoms with E-state index in [1.54, 1.807) is 0 Å². The summed E-state index contributed by atoms with van der Waals surface area (Å²) in [6.07, 6.45) is 21.7. The molecule has 0 heterocycles. The van der Waals surface area contributed by atoms with Gasteiger partial charge in [-0.05, 0) is 55.1 Å². The Labute approximate surface area is 155 Å². The third kappa shape index (κ3) is 5.33. The van der Waals surface area contributed by atoms with Crippen LogP contribution >= 0.6 is 0 Å². The van der Waals surface area contributed by atoms with E-state index in [1.807, 2.05) is 0 Å². The number of unbranched alkanes of at least 4 members (excludes halogenated alkanes) is 3. The van der Waals surface area contributed by atoms with Gasteiger partial charge in [0.15, 0.2) is 0 Å². The second-order valence-corrected chi connectivity index (χ2v) is 8.41. The van der Waals surface area contributed by atoms with Crippen LogP contribution in [0.4, 0.5) is 0 Å². The van der Waals surface area contributed by atoms with Crippen LogP contribution in [0.1, 0.15) is 82.3 Å². The SMILES string of the molecule is CCCCCCC1CCC(C2C=CC(c3ccc(C)cc3)=CC2)CC1. The van der Waals surface area contributed by atoms with E-state index in [9.17, 15) is 0 Å². The fourth-order valence-electron chi connectivity index (χ4n) is 4.71. The lowest BCUT2D eigenvalue weighted by Crippen LogP contribution is -2.21. The molecule has 0 nitrogen and oxygen atoms in total. The van der Waals surface area contributed by atoms with Crippen molar-refractivity contribution in [3.63, 3.8) is 0 Å². The minimum absolute atomic E-state index is 0.787. The van der Waals surface area contributed by atoms with E-state index < -0.39 is 0 Å². The van der Waals surface area contributed by atoms with Gasteiger partial charge in [-0.15, -0.1) is 0 Å². The maximum atomic E-state index is 2.52. The number of rotatable bonds is 7. The molecule has 1 atom stereocenters. The van der Waals surface area contributed by atoms with Gasteiger partial charge in [0.05, 0.1) is 0 Å². The molecule has 0 amide bonds. The molecule has 0 aromatic heterocycles. The summed E-state index contributed by atoms with van der Waals surface area (Å²) in [7, 11) is 0. The second kappa shape index (κ2) is 9.41. The van der Waals surface area contributed by atoms with Gasteiger partial charge in [-0.3, -0.25) is 0 Å². The monoisotopic (exact) mass is 336 g/mol. The summed E-state index contributed by atoms with van der Waals surface area (Å²) in [5.74, 6) is 2.74. The first-order valence-electron chi connectivity index (χ1n) is 10.7. The molecule has 1 fully saturated rings. The zero-order chi connectivity index (χ0) is 17.5. The first kappa shape index (κ1) is 18.5. The second-order valence-electron chi connectivity index (χ2n) is 8.41. The lowest BCUT2D eigenvalue weighted by atomic mass is 9.72. The van der Waals surface area contributed by atoms with Crippen molar-refractivity contribution in [1.29, 1.82) is 0 Å². The number of allylic oxidation sites excluding steroid dienone is 4. The number of hydrogen-bond donors (Lipinski definition) is 0. The van der Waals surface area contributed by atoms with Gasteiger partial charge in [0.25, 0.3) is 0 Å². The van der Waals surface area contributed by atoms with Crippen LogP contribution in [-0.4, -0.2) is 0 Å². The van der Waals surface area contributed by atoms with E-state index in [2.05, 4.69) is 56.3 Å². The third-order valence-corrected chi connectivity index (χ3v) is 6.48. The number of benzene rings is 1. The maximum absolute atomic E-state index is 2.52. The Hall–Kier alpha value is -1.30. The molecule has 25 heavy (non-hydrogen) atoms. The lowest BCUT2D eigenvalue weighted by molar-refractivity contribution is 0.218. The van der Waals surface area contributed by atoms with Crippen molar-refractivity contribution >= 4 is 5.57 Å². The summed E-state index contributed by atoms with van der Waals surface area (Å²) in [6, 6.07) is 8.96. The van der Waals surface area contributed by atoms with Crippen molar-refractivity contribution in [2.45, 2.75) is 78.1 Å². The molecule has 136 valence electrons. The van der Waals surface area contributed by atoms with Gasteiger partial charge in [-0.2, -0.15) is 0 Å². The van der Waals surface area contributed by atoms with Crippen LogP contribution in [-0.2, 0) is 0 Å². The molecule has 0 N–H and O–H groups in total. The summed E-state index contributed by atoms with van der Waals surface area (Å²) < 4.78 is 0. The molecule has 0 bridgehead atoms. The first-order chi connectivity index (χ1) is 12.3. The standard InChI is InChI=1S/C25H36/c1-3-4-5-6-7-21-10-14-23(15-11-21)25-18-16-24(17-19-25)22-12-8-20(2)9-13-22/h8-9,12-13,16-18,21,23,25H,3-7,10-11,14-15,19H2,1-2H3. The highest BCUT2D eigenvalue weighted by molar-refractivity contribution is 5.75. The predicted octanol–water partition coefficient (Wildman–Crippen LogP) is 7.73. The summed E-state index contributed by atoms with van der Waals surface area (Å²) in [5, 5.41) is 0. The van der Waals surface area contributed by atoms with Gasteiger partial charge in [0, 0.05) is 0 Å². The van der Waals surface area contributed by atoms with Gasteiger partial charge >= 0.3 is 0 Å². The molecular formula is C25H36. The Kier molecular flexibility index (Phi) is 6.96. The van der Waals surface area contributed by atoms with Crippen LogP contribution in [0.15, 0.2) is 42.5 Å². The molecule has 0 aliphatic heterocycles. The molecule has 1 aromatic carbocycles. The Bertz CT molecular complexity index is 567. The Morgan fingerprint density at radius 1 is 0.920 bits per heavy atom. The molecule has 2 aliphatic carbocycles. The van der Waals surface area contributed by atoms with Crippen LogP contribution in [0.5, 0.6) is 0 Å². The average Bonchev–Trinajstić information content (AvgIpc) is 2.67. The molecular weight excluding hydrogens is 300 g/mol. The average molecular weight is 337 g/mol. The normalized spacial score (nSPS) is 26.5. The first-order valence-corrected chi connectivity index (χ1v) is 10.7. The van der Waals surface area contributed by atoms with E-state index in [1.165, 1.54) is 80.9 Å². The minimum Gasteiger partial charge on any atom is -0.0802 e. The summed E-state index contributed by atoms with van der Waals surface area (Å²) in [5.41, 5.74) is 4.13. The highest BCUT2D eigenvalue weighted by atomic mass is 14.3. The highest BCUT2D eigenvalue weighted by Crippen LogP contribution is 2.39. The highest BCUT2D eigenvalue weighted by Gasteiger charge is 2.26. The smallest absolute Gasteiger partial charge is 0.0167 e. The molecule has 0 spiro atoms. The molecule has 0 saturated heterocycles. The fourth-order valence-corrected chi connectivity index (χ4v) is 4.71. The molecule has 1 saturated carbocycles. The summed E-state index contributed by atoms with van der Waals surface area (Å²) in [4.78, 5) is 0. The van der Waals surface area contributed by atoms with Gasteiger partial charge in [0.1, 0.15) is 0 Å². The van der Waals surface area contributed by atoms with E-state index in [-0.39, 0.29) is 0 Å². The fraction of sp³-hybridized carbons (Fsp3) is 0.600. The zero-order valence-corrected chi connectivity index (χ0v) is 16.3. The van der Waals surface area contributed by atoms with Crippen LogP contribution in [0.3, 0.4) is 0 Å². The third-order valence-electron chi connectivity index (χ3n) is 6.48. The van der Waals surface area contributed by atoms with Crippen molar-refractivity contribution in [3.05, 3.63) is 53.6 Å². The van der Waals surface area contributed by atoms with E-state index in [0.29, 0.717) is 0 Å². The molecule has 1 unspecified atom stereocenters. The van der Waals surface area contributed by atoms with E-state index >= 15 is 0 Å². The largest absolute Gasteiger partial charge is 0.0802 e. The molecule has 2 aliphatic rings. The van der Waals surface area contributed by atoms with E-state index in [4.69, 9.17) is 0 Å². The quantitative estimate of drug-likeness (QED) is 0.447. The van der Waals surface area contributed by atoms with Crippen molar-refractivity contribution in [2.24, 2.45) is 17.8 Å². The van der Waals surface area contributed by atoms with Crippen LogP contribution in [0.2, 0.25) is 0 Å². The maximum Gasteiger partial charge on any atom is -0.0167 e. The van der Waals surface area contributed by atoms with Crippen molar-refractivity contribution in [1.82, 2.24) is 0 Å². The summed E-state index contributed by atoms with van der Waals surface area (Å²) >= 11 is 0. The van der Waals surface area contributed by atoms with Crippen LogP contribution < -0.4 is 0 Å². The minimum atomic E-state index is 0.787. The Morgan fingerprint density at radius 2 is 1.68 bits per heavy atom. The van der Waals surface area contributed by atoms with Gasteiger partial charge in [-0.25, -0.2) is 0 Å². The lowest BCUT2D eigenvalue weighted by Gasteiger charge is -2.33. The molecule has 0 radical (unpaired) electrons. The van der Waals surface area contributed by atoms with E-state index in [0.717, 1.165) is 17.8 Å².